The molecule has 0 amide bonds. The van der Waals surface area contributed by atoms with Crippen molar-refractivity contribution in [2.75, 3.05) is 10.5 Å². The molecule has 0 aromatic heterocycles. The zero-order valence-electron chi connectivity index (χ0n) is 8.96. The van der Waals surface area contributed by atoms with Crippen LogP contribution in [0.4, 0.5) is 5.69 Å². The molecular formula is C10H14ClNO2S. The summed E-state index contributed by atoms with van der Waals surface area (Å²) < 4.78 is 25.4. The molecule has 15 heavy (non-hydrogen) atoms. The van der Waals surface area contributed by atoms with Gasteiger partial charge in [-0.2, -0.15) is 0 Å². The van der Waals surface area contributed by atoms with Crippen molar-refractivity contribution in [3.05, 3.63) is 28.3 Å². The molecule has 0 aliphatic carbocycles. The van der Waals surface area contributed by atoms with Crippen LogP contribution in [-0.2, 0) is 10.0 Å². The zero-order chi connectivity index (χ0) is 11.6. The molecule has 0 saturated heterocycles. The van der Waals surface area contributed by atoms with E-state index in [1.807, 2.05) is 13.8 Å². The Labute approximate surface area is 95.5 Å². The minimum atomic E-state index is -3.22. The topological polar surface area (TPSA) is 46.2 Å². The van der Waals surface area contributed by atoms with Gasteiger partial charge < -0.3 is 0 Å². The highest BCUT2D eigenvalue weighted by atomic mass is 35.5. The zero-order valence-corrected chi connectivity index (χ0v) is 10.5. The van der Waals surface area contributed by atoms with Crippen molar-refractivity contribution in [3.8, 4) is 0 Å². The Bertz CT molecular complexity index is 445. The van der Waals surface area contributed by atoms with Gasteiger partial charge in [0.05, 0.1) is 11.4 Å². The van der Waals surface area contributed by atoms with Gasteiger partial charge in [0.15, 0.2) is 0 Å². The summed E-state index contributed by atoms with van der Waals surface area (Å²) in [6, 6.07) is 3.48. The van der Waals surface area contributed by atoms with Crippen molar-refractivity contribution in [1.82, 2.24) is 0 Å². The first-order valence-electron chi connectivity index (χ1n) is 4.63. The first kappa shape index (κ1) is 12.3. The molecule has 0 spiro atoms. The van der Waals surface area contributed by atoms with Crippen molar-refractivity contribution in [2.24, 2.45) is 0 Å². The van der Waals surface area contributed by atoms with Gasteiger partial charge in [-0.15, -0.1) is 0 Å². The third-order valence-electron chi connectivity index (χ3n) is 2.14. The molecule has 84 valence electrons. The van der Waals surface area contributed by atoms with E-state index in [1.54, 1.807) is 19.1 Å². The van der Waals surface area contributed by atoms with Gasteiger partial charge in [0.1, 0.15) is 0 Å². The standard InChI is InChI=1S/C10H14ClNO2S/c1-4-15(13,14)12-10-7(2)5-9(11)6-8(10)3/h5-6,12H,4H2,1-3H3. The van der Waals surface area contributed by atoms with Crippen molar-refractivity contribution < 1.29 is 8.42 Å². The Morgan fingerprint density at radius 2 is 1.73 bits per heavy atom. The number of benzene rings is 1. The molecule has 0 atom stereocenters. The molecule has 0 unspecified atom stereocenters. The second-order valence-electron chi connectivity index (χ2n) is 3.42. The number of anilines is 1. The number of rotatable bonds is 3. The van der Waals surface area contributed by atoms with Gasteiger partial charge in [0.25, 0.3) is 0 Å². The summed E-state index contributed by atoms with van der Waals surface area (Å²) in [6.07, 6.45) is 0. The van der Waals surface area contributed by atoms with E-state index in [-0.39, 0.29) is 5.75 Å². The minimum absolute atomic E-state index is 0.0640. The lowest BCUT2D eigenvalue weighted by Crippen LogP contribution is -2.16. The highest BCUT2D eigenvalue weighted by Gasteiger charge is 2.11. The summed E-state index contributed by atoms with van der Waals surface area (Å²) in [4.78, 5) is 0. The SMILES string of the molecule is CCS(=O)(=O)Nc1c(C)cc(Cl)cc1C. The second kappa shape index (κ2) is 4.41. The average Bonchev–Trinajstić information content (AvgIpc) is 2.11. The predicted octanol–water partition coefficient (Wildman–Crippen LogP) is 2.72. The van der Waals surface area contributed by atoms with Crippen molar-refractivity contribution in [2.45, 2.75) is 20.8 Å². The monoisotopic (exact) mass is 247 g/mol. The lowest BCUT2D eigenvalue weighted by molar-refractivity contribution is 0.602. The summed E-state index contributed by atoms with van der Waals surface area (Å²) in [5.41, 5.74) is 2.29. The van der Waals surface area contributed by atoms with Crippen LogP contribution in [0.3, 0.4) is 0 Å². The van der Waals surface area contributed by atoms with Crippen LogP contribution >= 0.6 is 11.6 Å². The largest absolute Gasteiger partial charge is 0.283 e. The maximum Gasteiger partial charge on any atom is 0.232 e. The molecule has 1 aromatic carbocycles. The van der Waals surface area contributed by atoms with E-state index >= 15 is 0 Å². The van der Waals surface area contributed by atoms with Gasteiger partial charge in [-0.05, 0) is 44.0 Å². The number of sulfonamides is 1. The van der Waals surface area contributed by atoms with E-state index in [2.05, 4.69) is 4.72 Å². The lowest BCUT2D eigenvalue weighted by atomic mass is 10.1. The third kappa shape index (κ3) is 3.11. The Hall–Kier alpha value is -0.740. The van der Waals surface area contributed by atoms with Crippen LogP contribution in [-0.4, -0.2) is 14.2 Å². The van der Waals surface area contributed by atoms with Crippen molar-refractivity contribution in [3.63, 3.8) is 0 Å². The van der Waals surface area contributed by atoms with Crippen molar-refractivity contribution >= 4 is 27.3 Å². The highest BCUT2D eigenvalue weighted by molar-refractivity contribution is 7.92. The number of hydrogen-bond acceptors (Lipinski definition) is 2. The first-order chi connectivity index (χ1) is 6.85. The van der Waals surface area contributed by atoms with Gasteiger partial charge in [-0.25, -0.2) is 8.42 Å². The van der Waals surface area contributed by atoms with Crippen molar-refractivity contribution in [1.29, 1.82) is 0 Å². The molecule has 3 nitrogen and oxygen atoms in total. The lowest BCUT2D eigenvalue weighted by Gasteiger charge is -2.12. The third-order valence-corrected chi connectivity index (χ3v) is 3.63. The summed E-state index contributed by atoms with van der Waals surface area (Å²) >= 11 is 5.85. The van der Waals surface area contributed by atoms with Crippen LogP contribution in [0.2, 0.25) is 5.02 Å². The maximum atomic E-state index is 11.4. The van der Waals surface area contributed by atoms with Gasteiger partial charge in [-0.3, -0.25) is 4.72 Å². The summed E-state index contributed by atoms with van der Waals surface area (Å²) in [5.74, 6) is 0.0640. The number of aryl methyl sites for hydroxylation is 2. The van der Waals surface area contributed by atoms with Crippen LogP contribution in [0, 0.1) is 13.8 Å². The van der Waals surface area contributed by atoms with Gasteiger partial charge in [0.2, 0.25) is 10.0 Å². The summed E-state index contributed by atoms with van der Waals surface area (Å²) in [7, 11) is -3.22. The Balaban J connectivity index is 3.17. The van der Waals surface area contributed by atoms with Crippen LogP contribution in [0.15, 0.2) is 12.1 Å². The molecule has 0 saturated carbocycles. The molecule has 1 aromatic rings. The molecule has 1 N–H and O–H groups in total. The fraction of sp³-hybridized carbons (Fsp3) is 0.400. The summed E-state index contributed by atoms with van der Waals surface area (Å²) in [5, 5.41) is 0.615. The maximum absolute atomic E-state index is 11.4. The van der Waals surface area contributed by atoms with Crippen LogP contribution in [0.5, 0.6) is 0 Å². The molecule has 0 radical (unpaired) electrons. The fourth-order valence-electron chi connectivity index (χ4n) is 1.30. The molecule has 0 bridgehead atoms. The minimum Gasteiger partial charge on any atom is -0.283 e. The quantitative estimate of drug-likeness (QED) is 0.893. The van der Waals surface area contributed by atoms with E-state index in [0.29, 0.717) is 10.7 Å². The van der Waals surface area contributed by atoms with Crippen LogP contribution in [0.1, 0.15) is 18.1 Å². The van der Waals surface area contributed by atoms with E-state index in [9.17, 15) is 8.42 Å². The van der Waals surface area contributed by atoms with Crippen LogP contribution in [0.25, 0.3) is 0 Å². The first-order valence-corrected chi connectivity index (χ1v) is 6.66. The van der Waals surface area contributed by atoms with E-state index in [0.717, 1.165) is 11.1 Å². The summed E-state index contributed by atoms with van der Waals surface area (Å²) in [6.45, 7) is 5.25. The molecule has 1 rings (SSSR count). The molecule has 0 aliphatic rings. The fourth-order valence-corrected chi connectivity index (χ4v) is 2.40. The molecule has 0 aliphatic heterocycles. The molecule has 0 fully saturated rings. The Morgan fingerprint density at radius 1 is 1.27 bits per heavy atom. The number of nitrogens with one attached hydrogen (secondary N) is 1. The Morgan fingerprint density at radius 3 is 2.13 bits per heavy atom. The van der Waals surface area contributed by atoms with E-state index in [4.69, 9.17) is 11.6 Å². The van der Waals surface area contributed by atoms with Gasteiger partial charge >= 0.3 is 0 Å². The second-order valence-corrected chi connectivity index (χ2v) is 5.87. The van der Waals surface area contributed by atoms with Gasteiger partial charge in [-0.1, -0.05) is 11.6 Å². The normalized spacial score (nSPS) is 11.5. The molecule has 5 heteroatoms. The van der Waals surface area contributed by atoms with E-state index in [1.165, 1.54) is 0 Å². The molecular weight excluding hydrogens is 234 g/mol. The van der Waals surface area contributed by atoms with Crippen LogP contribution < -0.4 is 4.72 Å². The predicted molar refractivity (Wildman–Crippen MR) is 64.0 cm³/mol. The number of hydrogen-bond donors (Lipinski definition) is 1. The Kier molecular flexibility index (Phi) is 3.62. The highest BCUT2D eigenvalue weighted by Crippen LogP contribution is 2.25. The smallest absolute Gasteiger partial charge is 0.232 e. The average molecular weight is 248 g/mol. The molecule has 0 heterocycles. The number of halogens is 1. The van der Waals surface area contributed by atoms with E-state index < -0.39 is 10.0 Å². The van der Waals surface area contributed by atoms with Gasteiger partial charge in [0, 0.05) is 5.02 Å².